The molecule has 130 valence electrons. The lowest BCUT2D eigenvalue weighted by Crippen LogP contribution is -2.08. The van der Waals surface area contributed by atoms with E-state index >= 15 is 0 Å². The normalized spacial score (nSPS) is 12.2. The lowest BCUT2D eigenvalue weighted by Gasteiger charge is -2.11. The van der Waals surface area contributed by atoms with E-state index in [-0.39, 0.29) is 11.4 Å². The standard InChI is InChI=1S/C19H18FNO3S/c20-15-4-7-17(8-5-15)25(23)12-2-1-11-24-16-6-9-18-14(13-16)3-10-19(22)21-18/h3-10,13H,1-2,11-12H2,(H,21,22). The molecule has 0 fully saturated rings. The highest BCUT2D eigenvalue weighted by molar-refractivity contribution is 7.91. The van der Waals surface area contributed by atoms with Crippen LogP contribution in [0.1, 0.15) is 12.8 Å². The van der Waals surface area contributed by atoms with Crippen LogP contribution in [0.4, 0.5) is 4.39 Å². The molecule has 25 heavy (non-hydrogen) atoms. The molecule has 0 bridgehead atoms. The number of halogens is 1. The van der Waals surface area contributed by atoms with Crippen LogP contribution in [0, 0.1) is 5.82 Å². The zero-order valence-electron chi connectivity index (χ0n) is 13.5. The number of H-pyrrole nitrogens is 1. The Balaban J connectivity index is 1.44. The molecule has 0 radical (unpaired) electrons. The van der Waals surface area contributed by atoms with Crippen molar-refractivity contribution in [1.29, 1.82) is 0 Å². The maximum atomic E-state index is 12.8. The van der Waals surface area contributed by atoms with E-state index in [0.29, 0.717) is 17.3 Å². The first-order valence-corrected chi connectivity index (χ1v) is 9.33. The van der Waals surface area contributed by atoms with E-state index in [1.54, 1.807) is 18.2 Å². The van der Waals surface area contributed by atoms with Gasteiger partial charge in [-0.05, 0) is 72.5 Å². The fourth-order valence-electron chi connectivity index (χ4n) is 2.45. The number of benzene rings is 2. The van der Waals surface area contributed by atoms with E-state index in [1.165, 1.54) is 18.2 Å². The van der Waals surface area contributed by atoms with Crippen LogP contribution in [0.25, 0.3) is 10.9 Å². The van der Waals surface area contributed by atoms with Gasteiger partial charge in [-0.25, -0.2) is 4.39 Å². The first-order valence-electron chi connectivity index (χ1n) is 8.02. The molecule has 3 rings (SSSR count). The van der Waals surface area contributed by atoms with Crippen LogP contribution >= 0.6 is 0 Å². The van der Waals surface area contributed by atoms with Crippen molar-refractivity contribution in [2.75, 3.05) is 12.4 Å². The number of hydrogen-bond donors (Lipinski definition) is 1. The van der Waals surface area contributed by atoms with E-state index in [9.17, 15) is 13.7 Å². The average molecular weight is 359 g/mol. The Morgan fingerprint density at radius 3 is 2.64 bits per heavy atom. The van der Waals surface area contributed by atoms with Crippen LogP contribution in [0.2, 0.25) is 0 Å². The van der Waals surface area contributed by atoms with Gasteiger partial charge in [-0.1, -0.05) is 0 Å². The maximum absolute atomic E-state index is 12.8. The molecule has 1 N–H and O–H groups in total. The molecule has 2 aromatic carbocycles. The van der Waals surface area contributed by atoms with Gasteiger partial charge in [0, 0.05) is 17.0 Å². The molecule has 0 saturated carbocycles. The third kappa shape index (κ3) is 4.84. The van der Waals surface area contributed by atoms with Crippen molar-refractivity contribution >= 4 is 22.1 Å². The van der Waals surface area contributed by atoms with Crippen LogP contribution in [0.5, 0.6) is 5.75 Å². The summed E-state index contributed by atoms with van der Waals surface area (Å²) in [4.78, 5) is 14.7. The van der Waals surface area contributed by atoms with Crippen molar-refractivity contribution in [3.8, 4) is 5.75 Å². The summed E-state index contributed by atoms with van der Waals surface area (Å²) in [5, 5.41) is 0.912. The molecule has 0 aliphatic carbocycles. The summed E-state index contributed by atoms with van der Waals surface area (Å²) in [5.41, 5.74) is 0.643. The minimum Gasteiger partial charge on any atom is -0.611 e. The molecule has 0 amide bonds. The summed E-state index contributed by atoms with van der Waals surface area (Å²) in [6.07, 6.45) is 1.53. The zero-order valence-corrected chi connectivity index (χ0v) is 14.4. The second kappa shape index (κ2) is 8.18. The topological polar surface area (TPSA) is 65.2 Å². The van der Waals surface area contributed by atoms with Gasteiger partial charge in [-0.3, -0.25) is 4.79 Å². The van der Waals surface area contributed by atoms with Crippen molar-refractivity contribution in [2.24, 2.45) is 0 Å². The summed E-state index contributed by atoms with van der Waals surface area (Å²) in [6.45, 7) is 0.523. The lowest BCUT2D eigenvalue weighted by molar-refractivity contribution is 0.310. The monoisotopic (exact) mass is 359 g/mol. The van der Waals surface area contributed by atoms with Gasteiger partial charge in [-0.15, -0.1) is 0 Å². The highest BCUT2D eigenvalue weighted by atomic mass is 32.2. The fourth-order valence-corrected chi connectivity index (χ4v) is 3.59. The number of rotatable bonds is 7. The summed E-state index contributed by atoms with van der Waals surface area (Å²) in [7, 11) is 0. The van der Waals surface area contributed by atoms with Gasteiger partial charge in [0.25, 0.3) is 0 Å². The van der Waals surface area contributed by atoms with Gasteiger partial charge in [0.05, 0.1) is 6.61 Å². The van der Waals surface area contributed by atoms with Crippen LogP contribution in [-0.2, 0) is 11.2 Å². The second-order valence-corrected chi connectivity index (χ2v) is 7.20. The largest absolute Gasteiger partial charge is 0.611 e. The van der Waals surface area contributed by atoms with Crippen molar-refractivity contribution in [3.63, 3.8) is 0 Å². The number of hydrogen-bond acceptors (Lipinski definition) is 3. The van der Waals surface area contributed by atoms with Gasteiger partial charge in [-0.2, -0.15) is 0 Å². The van der Waals surface area contributed by atoms with Gasteiger partial charge < -0.3 is 14.3 Å². The number of aromatic amines is 1. The van der Waals surface area contributed by atoms with Crippen molar-refractivity contribution in [3.05, 3.63) is 70.8 Å². The SMILES string of the molecule is O=c1ccc2cc(OCCCC[S+]([O-])c3ccc(F)cc3)ccc2[nH]1. The molecule has 0 aliphatic rings. The smallest absolute Gasteiger partial charge is 0.248 e. The molecule has 6 heteroatoms. The Hall–Kier alpha value is -2.31. The molecule has 1 unspecified atom stereocenters. The number of pyridine rings is 1. The number of aromatic nitrogens is 1. The van der Waals surface area contributed by atoms with Crippen molar-refractivity contribution in [2.45, 2.75) is 17.7 Å². The maximum Gasteiger partial charge on any atom is 0.248 e. The lowest BCUT2D eigenvalue weighted by atomic mass is 10.2. The van der Waals surface area contributed by atoms with Crippen LogP contribution in [0.15, 0.2) is 64.3 Å². The Labute approximate surface area is 147 Å². The summed E-state index contributed by atoms with van der Waals surface area (Å²) < 4.78 is 30.6. The van der Waals surface area contributed by atoms with Crippen LogP contribution < -0.4 is 10.3 Å². The molecular weight excluding hydrogens is 341 g/mol. The zero-order chi connectivity index (χ0) is 17.6. The van der Waals surface area contributed by atoms with E-state index in [4.69, 9.17) is 4.74 Å². The number of ether oxygens (including phenoxy) is 1. The molecular formula is C19H18FNO3S. The van der Waals surface area contributed by atoms with Crippen molar-refractivity contribution in [1.82, 2.24) is 4.98 Å². The Bertz CT molecular complexity index is 895. The predicted molar refractivity (Wildman–Crippen MR) is 97.0 cm³/mol. The quantitative estimate of drug-likeness (QED) is 0.517. The van der Waals surface area contributed by atoms with Crippen LogP contribution in [-0.4, -0.2) is 21.9 Å². The summed E-state index contributed by atoms with van der Waals surface area (Å²) in [5.74, 6) is 0.932. The molecule has 1 aromatic heterocycles. The second-order valence-electron chi connectivity index (χ2n) is 5.63. The highest BCUT2D eigenvalue weighted by Gasteiger charge is 2.10. The average Bonchev–Trinajstić information content (AvgIpc) is 2.62. The highest BCUT2D eigenvalue weighted by Crippen LogP contribution is 2.19. The molecule has 0 saturated heterocycles. The Kier molecular flexibility index (Phi) is 5.73. The summed E-state index contributed by atoms with van der Waals surface area (Å²) >= 11 is -1.12. The van der Waals surface area contributed by atoms with Crippen molar-refractivity contribution < 1.29 is 13.7 Å². The summed E-state index contributed by atoms with van der Waals surface area (Å²) in [6, 6.07) is 14.5. The van der Waals surface area contributed by atoms with Gasteiger partial charge >= 0.3 is 0 Å². The van der Waals surface area contributed by atoms with E-state index in [2.05, 4.69) is 4.98 Å². The van der Waals surface area contributed by atoms with Crippen LogP contribution in [0.3, 0.4) is 0 Å². The number of nitrogens with one attached hydrogen (secondary N) is 1. The Morgan fingerprint density at radius 2 is 1.84 bits per heavy atom. The molecule has 0 aliphatic heterocycles. The predicted octanol–water partition coefficient (Wildman–Crippen LogP) is 3.63. The molecule has 0 spiro atoms. The van der Waals surface area contributed by atoms with Gasteiger partial charge in [0.2, 0.25) is 5.56 Å². The fraction of sp³-hybridized carbons (Fsp3) is 0.211. The minimum absolute atomic E-state index is 0.129. The third-order valence-electron chi connectivity index (χ3n) is 3.76. The molecule has 3 aromatic rings. The molecule has 1 atom stereocenters. The van der Waals surface area contributed by atoms with E-state index in [0.717, 1.165) is 29.5 Å². The van der Waals surface area contributed by atoms with Gasteiger partial charge in [0.15, 0.2) is 4.90 Å². The first-order chi connectivity index (χ1) is 12.1. The molecule has 1 heterocycles. The Morgan fingerprint density at radius 1 is 1.04 bits per heavy atom. The van der Waals surface area contributed by atoms with E-state index < -0.39 is 11.2 Å². The number of fused-ring (bicyclic) bond motifs is 1. The van der Waals surface area contributed by atoms with E-state index in [1.807, 2.05) is 18.2 Å². The number of unbranched alkanes of at least 4 members (excludes halogenated alkanes) is 1. The third-order valence-corrected chi connectivity index (χ3v) is 5.22. The minimum atomic E-state index is -1.12. The van der Waals surface area contributed by atoms with Gasteiger partial charge in [0.1, 0.15) is 17.3 Å². The first kappa shape index (κ1) is 17.5. The molecule has 4 nitrogen and oxygen atoms in total.